The Labute approximate surface area is 182 Å². The molecule has 2 aromatic carbocycles. The van der Waals surface area contributed by atoms with Crippen molar-refractivity contribution in [2.75, 3.05) is 13.2 Å². The number of carboxylic acid groups (broad SMARTS) is 1. The van der Waals surface area contributed by atoms with E-state index in [1.165, 1.54) is 0 Å². The number of aliphatic carboxylic acids is 1. The molecule has 0 aliphatic carbocycles. The molecule has 0 aromatic heterocycles. The van der Waals surface area contributed by atoms with Crippen LogP contribution in [-0.2, 0) is 9.59 Å². The Morgan fingerprint density at radius 3 is 2.32 bits per heavy atom. The fourth-order valence-electron chi connectivity index (χ4n) is 2.81. The summed E-state index contributed by atoms with van der Waals surface area (Å²) in [5.74, 6) is -0.961. The summed E-state index contributed by atoms with van der Waals surface area (Å²) in [4.78, 5) is 35.9. The van der Waals surface area contributed by atoms with Crippen LogP contribution in [0.1, 0.15) is 48.5 Å². The van der Waals surface area contributed by atoms with Crippen molar-refractivity contribution in [3.8, 4) is 5.75 Å². The summed E-state index contributed by atoms with van der Waals surface area (Å²) >= 11 is 0. The monoisotopic (exact) mass is 424 g/mol. The third-order valence-corrected chi connectivity index (χ3v) is 4.38. The molecule has 164 valence electrons. The molecule has 0 fully saturated rings. The van der Waals surface area contributed by atoms with Crippen molar-refractivity contribution in [3.63, 3.8) is 0 Å². The summed E-state index contributed by atoms with van der Waals surface area (Å²) in [5.41, 5.74) is 1.32. The standard InChI is InChI=1S/C24H28N2O5/c1-2-31-20-14-12-19(13-15-20)23(29)26-21(17-18-9-5-3-6-10-18)24(30)25-16-8-4-7-11-22(27)28/h3,5-6,9-10,12-15,17H,2,4,7-8,11,16H2,1H3,(H,25,30)(H,26,29)(H,27,28)/b21-17-. The number of benzene rings is 2. The van der Waals surface area contributed by atoms with E-state index in [0.717, 1.165) is 5.56 Å². The molecule has 0 aliphatic rings. The van der Waals surface area contributed by atoms with Gasteiger partial charge in [-0.15, -0.1) is 0 Å². The highest BCUT2D eigenvalue weighted by Crippen LogP contribution is 2.13. The van der Waals surface area contributed by atoms with E-state index in [1.807, 2.05) is 37.3 Å². The zero-order valence-corrected chi connectivity index (χ0v) is 17.6. The lowest BCUT2D eigenvalue weighted by Gasteiger charge is -2.12. The molecule has 0 spiro atoms. The number of amides is 2. The molecule has 0 radical (unpaired) electrons. The number of unbranched alkanes of at least 4 members (excludes halogenated alkanes) is 2. The van der Waals surface area contributed by atoms with Crippen LogP contribution in [0.2, 0.25) is 0 Å². The molecule has 0 bridgehead atoms. The zero-order chi connectivity index (χ0) is 22.5. The average Bonchev–Trinajstić information content (AvgIpc) is 2.76. The fourth-order valence-corrected chi connectivity index (χ4v) is 2.81. The minimum Gasteiger partial charge on any atom is -0.494 e. The molecule has 0 heterocycles. The first-order chi connectivity index (χ1) is 15.0. The van der Waals surface area contributed by atoms with E-state index < -0.39 is 17.8 Å². The number of carbonyl (C=O) groups is 3. The van der Waals surface area contributed by atoms with Crippen LogP contribution in [0.4, 0.5) is 0 Å². The van der Waals surface area contributed by atoms with E-state index in [4.69, 9.17) is 9.84 Å². The summed E-state index contributed by atoms with van der Waals surface area (Å²) in [7, 11) is 0. The highest BCUT2D eigenvalue weighted by molar-refractivity contribution is 6.05. The number of rotatable bonds is 12. The van der Waals surface area contributed by atoms with Gasteiger partial charge in [0.05, 0.1) is 6.61 Å². The smallest absolute Gasteiger partial charge is 0.303 e. The van der Waals surface area contributed by atoms with Crippen molar-refractivity contribution in [2.24, 2.45) is 0 Å². The number of carboxylic acids is 1. The van der Waals surface area contributed by atoms with E-state index in [-0.39, 0.29) is 12.1 Å². The Bertz CT molecular complexity index is 892. The predicted octanol–water partition coefficient (Wildman–Crippen LogP) is 3.62. The Morgan fingerprint density at radius 1 is 0.968 bits per heavy atom. The molecule has 2 amide bonds. The molecule has 0 unspecified atom stereocenters. The van der Waals surface area contributed by atoms with Crippen LogP contribution in [0.5, 0.6) is 5.75 Å². The topological polar surface area (TPSA) is 105 Å². The minimum absolute atomic E-state index is 0.116. The van der Waals surface area contributed by atoms with Crippen LogP contribution in [-0.4, -0.2) is 36.0 Å². The van der Waals surface area contributed by atoms with Crippen LogP contribution >= 0.6 is 0 Å². The minimum atomic E-state index is -0.825. The van der Waals surface area contributed by atoms with Gasteiger partial charge in [0.1, 0.15) is 11.4 Å². The predicted molar refractivity (Wildman–Crippen MR) is 119 cm³/mol. The lowest BCUT2D eigenvalue weighted by molar-refractivity contribution is -0.137. The average molecular weight is 424 g/mol. The van der Waals surface area contributed by atoms with E-state index >= 15 is 0 Å². The third kappa shape index (κ3) is 8.74. The molecule has 0 saturated heterocycles. The number of carbonyl (C=O) groups excluding carboxylic acids is 2. The normalized spacial score (nSPS) is 10.9. The first kappa shape index (κ1) is 23.7. The van der Waals surface area contributed by atoms with Crippen molar-refractivity contribution in [2.45, 2.75) is 32.6 Å². The van der Waals surface area contributed by atoms with Gasteiger partial charge in [0.25, 0.3) is 11.8 Å². The number of hydrogen-bond acceptors (Lipinski definition) is 4. The third-order valence-electron chi connectivity index (χ3n) is 4.38. The van der Waals surface area contributed by atoms with Crippen molar-refractivity contribution >= 4 is 23.9 Å². The van der Waals surface area contributed by atoms with Crippen LogP contribution in [0.15, 0.2) is 60.3 Å². The Hall–Kier alpha value is -3.61. The van der Waals surface area contributed by atoms with Crippen LogP contribution in [0.3, 0.4) is 0 Å². The molecule has 7 nitrogen and oxygen atoms in total. The van der Waals surface area contributed by atoms with E-state index in [0.29, 0.717) is 43.7 Å². The fraction of sp³-hybridized carbons (Fsp3) is 0.292. The molecule has 2 aromatic rings. The van der Waals surface area contributed by atoms with E-state index in [2.05, 4.69) is 10.6 Å². The van der Waals surface area contributed by atoms with Crippen molar-refractivity contribution in [1.82, 2.24) is 10.6 Å². The first-order valence-corrected chi connectivity index (χ1v) is 10.3. The van der Waals surface area contributed by atoms with E-state index in [9.17, 15) is 14.4 Å². The Balaban J connectivity index is 2.03. The molecule has 0 aliphatic heterocycles. The van der Waals surface area contributed by atoms with Crippen LogP contribution < -0.4 is 15.4 Å². The quantitative estimate of drug-likeness (QED) is 0.357. The van der Waals surface area contributed by atoms with Crippen molar-refractivity contribution < 1.29 is 24.2 Å². The van der Waals surface area contributed by atoms with E-state index in [1.54, 1.807) is 30.3 Å². The maximum Gasteiger partial charge on any atom is 0.303 e. The summed E-state index contributed by atoms with van der Waals surface area (Å²) in [5, 5.41) is 14.1. The number of ether oxygens (including phenoxy) is 1. The lowest BCUT2D eigenvalue weighted by Crippen LogP contribution is -2.35. The maximum atomic E-state index is 12.7. The second-order valence-corrected chi connectivity index (χ2v) is 6.84. The van der Waals surface area contributed by atoms with Gasteiger partial charge in [-0.05, 0) is 55.7 Å². The molecular weight excluding hydrogens is 396 g/mol. The lowest BCUT2D eigenvalue weighted by atomic mass is 10.1. The van der Waals surface area contributed by atoms with Crippen molar-refractivity contribution in [3.05, 3.63) is 71.4 Å². The zero-order valence-electron chi connectivity index (χ0n) is 17.6. The van der Waals surface area contributed by atoms with Crippen LogP contribution in [0, 0.1) is 0 Å². The second kappa shape index (κ2) is 12.8. The number of nitrogens with one attached hydrogen (secondary N) is 2. The summed E-state index contributed by atoms with van der Waals surface area (Å²) in [6.45, 7) is 2.81. The van der Waals surface area contributed by atoms with Gasteiger partial charge >= 0.3 is 5.97 Å². The Kier molecular flexibility index (Phi) is 9.81. The van der Waals surface area contributed by atoms with Gasteiger partial charge in [-0.1, -0.05) is 36.8 Å². The van der Waals surface area contributed by atoms with Gasteiger partial charge in [-0.2, -0.15) is 0 Å². The summed E-state index contributed by atoms with van der Waals surface area (Å²) in [6, 6.07) is 15.9. The summed E-state index contributed by atoms with van der Waals surface area (Å²) in [6.07, 6.45) is 3.65. The van der Waals surface area contributed by atoms with Gasteiger partial charge in [0.15, 0.2) is 0 Å². The SMILES string of the molecule is CCOc1ccc(C(=O)N/C(=C\c2ccccc2)C(=O)NCCCCCC(=O)O)cc1. The van der Waals surface area contributed by atoms with Crippen LogP contribution in [0.25, 0.3) is 6.08 Å². The molecule has 3 N–H and O–H groups in total. The van der Waals surface area contributed by atoms with Gasteiger partial charge in [0.2, 0.25) is 0 Å². The van der Waals surface area contributed by atoms with Gasteiger partial charge in [0, 0.05) is 18.5 Å². The van der Waals surface area contributed by atoms with Gasteiger partial charge < -0.3 is 20.5 Å². The Morgan fingerprint density at radius 2 is 1.68 bits per heavy atom. The molecule has 0 saturated carbocycles. The highest BCUT2D eigenvalue weighted by Gasteiger charge is 2.14. The highest BCUT2D eigenvalue weighted by atomic mass is 16.5. The second-order valence-electron chi connectivity index (χ2n) is 6.84. The first-order valence-electron chi connectivity index (χ1n) is 10.3. The molecule has 7 heteroatoms. The van der Waals surface area contributed by atoms with Crippen molar-refractivity contribution in [1.29, 1.82) is 0 Å². The molecule has 2 rings (SSSR count). The molecular formula is C24H28N2O5. The van der Waals surface area contributed by atoms with Gasteiger partial charge in [-0.3, -0.25) is 14.4 Å². The molecule has 31 heavy (non-hydrogen) atoms. The summed E-state index contributed by atoms with van der Waals surface area (Å²) < 4.78 is 5.38. The largest absolute Gasteiger partial charge is 0.494 e. The maximum absolute atomic E-state index is 12.7. The molecule has 0 atom stereocenters. The van der Waals surface area contributed by atoms with Gasteiger partial charge in [-0.25, -0.2) is 0 Å². The number of hydrogen-bond donors (Lipinski definition) is 3.